The standard InChI is InChI=1S/C17H13BrN4O4/c1-8(2)22-11-4-3-9(7-10(11)19-15(23)17(22)24)14-20-16(26-21-14)12-5-6-13(18)25-12/h3-8H,1-2H3,(H,19,23). The first-order valence-electron chi connectivity index (χ1n) is 7.82. The molecule has 3 aromatic heterocycles. The van der Waals surface area contributed by atoms with E-state index >= 15 is 0 Å². The Morgan fingerprint density at radius 1 is 1.19 bits per heavy atom. The first kappa shape index (κ1) is 16.5. The van der Waals surface area contributed by atoms with Crippen molar-refractivity contribution in [2.45, 2.75) is 19.9 Å². The average Bonchev–Trinajstić information content (AvgIpc) is 3.24. The highest BCUT2D eigenvalue weighted by Gasteiger charge is 2.16. The van der Waals surface area contributed by atoms with Crippen molar-refractivity contribution in [2.24, 2.45) is 0 Å². The first-order valence-corrected chi connectivity index (χ1v) is 8.61. The van der Waals surface area contributed by atoms with Gasteiger partial charge in [0, 0.05) is 11.6 Å². The summed E-state index contributed by atoms with van der Waals surface area (Å²) in [6.07, 6.45) is 0. The van der Waals surface area contributed by atoms with Gasteiger partial charge in [-0.15, -0.1) is 0 Å². The van der Waals surface area contributed by atoms with Gasteiger partial charge in [-0.25, -0.2) is 0 Å². The van der Waals surface area contributed by atoms with E-state index in [9.17, 15) is 9.59 Å². The zero-order chi connectivity index (χ0) is 18.4. The Morgan fingerprint density at radius 3 is 2.69 bits per heavy atom. The molecule has 0 amide bonds. The molecule has 0 fully saturated rings. The molecule has 1 aromatic carbocycles. The lowest BCUT2D eigenvalue weighted by molar-refractivity contribution is 0.414. The monoisotopic (exact) mass is 416 g/mol. The van der Waals surface area contributed by atoms with Crippen LogP contribution in [-0.2, 0) is 0 Å². The fourth-order valence-corrected chi connectivity index (χ4v) is 3.07. The van der Waals surface area contributed by atoms with Crippen LogP contribution in [0.2, 0.25) is 0 Å². The average molecular weight is 417 g/mol. The number of halogens is 1. The predicted octanol–water partition coefficient (Wildman–Crippen LogP) is 3.34. The Labute approximate surface area is 154 Å². The molecule has 0 saturated carbocycles. The van der Waals surface area contributed by atoms with Gasteiger partial charge in [0.05, 0.1) is 11.0 Å². The van der Waals surface area contributed by atoms with Gasteiger partial charge in [0.1, 0.15) is 0 Å². The van der Waals surface area contributed by atoms with Crippen LogP contribution in [0.25, 0.3) is 34.1 Å². The van der Waals surface area contributed by atoms with E-state index in [4.69, 9.17) is 8.94 Å². The summed E-state index contributed by atoms with van der Waals surface area (Å²) < 4.78 is 12.6. The quantitative estimate of drug-likeness (QED) is 0.513. The van der Waals surface area contributed by atoms with E-state index in [1.807, 2.05) is 13.8 Å². The Kier molecular flexibility index (Phi) is 3.87. The minimum atomic E-state index is -0.669. The third-order valence-electron chi connectivity index (χ3n) is 3.90. The zero-order valence-corrected chi connectivity index (χ0v) is 15.4. The van der Waals surface area contributed by atoms with Gasteiger partial charge < -0.3 is 13.9 Å². The highest BCUT2D eigenvalue weighted by Crippen LogP contribution is 2.27. The molecule has 0 unspecified atom stereocenters. The molecule has 0 saturated heterocycles. The van der Waals surface area contributed by atoms with Crippen LogP contribution in [0, 0.1) is 0 Å². The molecule has 0 aliphatic rings. The summed E-state index contributed by atoms with van der Waals surface area (Å²) in [7, 11) is 0. The molecule has 8 nitrogen and oxygen atoms in total. The number of hydrogen-bond donors (Lipinski definition) is 1. The molecule has 0 bridgehead atoms. The molecule has 1 N–H and O–H groups in total. The lowest BCUT2D eigenvalue weighted by Gasteiger charge is -2.13. The van der Waals surface area contributed by atoms with E-state index in [1.54, 1.807) is 30.3 Å². The number of nitrogens with zero attached hydrogens (tertiary/aromatic N) is 3. The Balaban J connectivity index is 1.84. The number of benzene rings is 1. The van der Waals surface area contributed by atoms with Crippen LogP contribution in [-0.4, -0.2) is 19.7 Å². The maximum absolute atomic E-state index is 12.1. The number of furan rings is 1. The zero-order valence-electron chi connectivity index (χ0n) is 13.8. The summed E-state index contributed by atoms with van der Waals surface area (Å²) >= 11 is 3.22. The van der Waals surface area contributed by atoms with E-state index in [-0.39, 0.29) is 11.9 Å². The lowest BCUT2D eigenvalue weighted by Crippen LogP contribution is -2.37. The summed E-state index contributed by atoms with van der Waals surface area (Å²) in [6, 6.07) is 8.52. The van der Waals surface area contributed by atoms with Crippen molar-refractivity contribution in [3.63, 3.8) is 0 Å². The number of aromatic amines is 1. The van der Waals surface area contributed by atoms with Crippen molar-refractivity contribution < 1.29 is 8.94 Å². The van der Waals surface area contributed by atoms with Gasteiger partial charge in [-0.3, -0.25) is 14.2 Å². The number of aromatic nitrogens is 4. The Hall–Kier alpha value is -2.94. The maximum Gasteiger partial charge on any atom is 0.316 e. The minimum absolute atomic E-state index is 0.146. The minimum Gasteiger partial charge on any atom is -0.444 e. The van der Waals surface area contributed by atoms with Crippen LogP contribution >= 0.6 is 15.9 Å². The van der Waals surface area contributed by atoms with Gasteiger partial charge in [-0.1, -0.05) is 5.16 Å². The molecular weight excluding hydrogens is 404 g/mol. The van der Waals surface area contributed by atoms with Gasteiger partial charge in [-0.05, 0) is 60.1 Å². The number of fused-ring (bicyclic) bond motifs is 1. The highest BCUT2D eigenvalue weighted by atomic mass is 79.9. The Morgan fingerprint density at radius 2 is 2.00 bits per heavy atom. The lowest BCUT2D eigenvalue weighted by atomic mass is 10.1. The van der Waals surface area contributed by atoms with Crippen LogP contribution in [0.4, 0.5) is 0 Å². The second kappa shape index (κ2) is 6.10. The molecule has 0 spiro atoms. The van der Waals surface area contributed by atoms with E-state index in [1.165, 1.54) is 4.57 Å². The molecule has 4 aromatic rings. The normalized spacial score (nSPS) is 11.5. The second-order valence-electron chi connectivity index (χ2n) is 5.98. The van der Waals surface area contributed by atoms with Crippen molar-refractivity contribution in [1.82, 2.24) is 19.7 Å². The second-order valence-corrected chi connectivity index (χ2v) is 6.76. The van der Waals surface area contributed by atoms with Crippen LogP contribution < -0.4 is 11.1 Å². The van der Waals surface area contributed by atoms with Gasteiger partial charge in [0.2, 0.25) is 5.82 Å². The maximum atomic E-state index is 12.1. The van der Waals surface area contributed by atoms with Crippen molar-refractivity contribution in [3.05, 3.63) is 55.7 Å². The largest absolute Gasteiger partial charge is 0.444 e. The van der Waals surface area contributed by atoms with Crippen LogP contribution in [0.1, 0.15) is 19.9 Å². The summed E-state index contributed by atoms with van der Waals surface area (Å²) in [4.78, 5) is 31.0. The predicted molar refractivity (Wildman–Crippen MR) is 97.9 cm³/mol. The van der Waals surface area contributed by atoms with Crippen LogP contribution in [0.3, 0.4) is 0 Å². The van der Waals surface area contributed by atoms with Gasteiger partial charge >= 0.3 is 11.1 Å². The van der Waals surface area contributed by atoms with Crippen molar-refractivity contribution >= 4 is 27.0 Å². The van der Waals surface area contributed by atoms with Crippen molar-refractivity contribution in [2.75, 3.05) is 0 Å². The molecule has 0 radical (unpaired) electrons. The van der Waals surface area contributed by atoms with E-state index < -0.39 is 11.1 Å². The molecular formula is C17H13BrN4O4. The summed E-state index contributed by atoms with van der Waals surface area (Å²) in [5, 5.41) is 3.95. The molecule has 0 aliphatic heterocycles. The van der Waals surface area contributed by atoms with Crippen molar-refractivity contribution in [3.8, 4) is 23.0 Å². The third kappa shape index (κ3) is 2.70. The molecule has 26 heavy (non-hydrogen) atoms. The SMILES string of the molecule is CC(C)n1c(=O)c(=O)[nH]c2cc(-c3noc(-c4ccc(Br)o4)n3)ccc21. The molecule has 9 heteroatoms. The summed E-state index contributed by atoms with van der Waals surface area (Å²) in [5.74, 6) is 1.03. The number of H-pyrrole nitrogens is 1. The van der Waals surface area contributed by atoms with Gasteiger partial charge in [-0.2, -0.15) is 4.98 Å². The first-order chi connectivity index (χ1) is 12.4. The number of rotatable bonds is 3. The van der Waals surface area contributed by atoms with Gasteiger partial charge in [0.15, 0.2) is 10.4 Å². The van der Waals surface area contributed by atoms with E-state index in [0.717, 1.165) is 0 Å². The summed E-state index contributed by atoms with van der Waals surface area (Å²) in [5.41, 5.74) is 0.547. The third-order valence-corrected chi connectivity index (χ3v) is 4.33. The highest BCUT2D eigenvalue weighted by molar-refractivity contribution is 9.10. The molecule has 3 heterocycles. The summed E-state index contributed by atoms with van der Waals surface area (Å²) in [6.45, 7) is 3.70. The fourth-order valence-electron chi connectivity index (χ4n) is 2.76. The number of hydrogen-bond acceptors (Lipinski definition) is 6. The van der Waals surface area contributed by atoms with Gasteiger partial charge in [0.25, 0.3) is 5.89 Å². The number of nitrogens with one attached hydrogen (secondary N) is 1. The van der Waals surface area contributed by atoms with E-state index in [2.05, 4.69) is 31.1 Å². The van der Waals surface area contributed by atoms with Crippen molar-refractivity contribution in [1.29, 1.82) is 0 Å². The van der Waals surface area contributed by atoms with Crippen LogP contribution in [0.5, 0.6) is 0 Å². The molecule has 0 aliphatic carbocycles. The van der Waals surface area contributed by atoms with E-state index in [0.29, 0.717) is 32.9 Å². The topological polar surface area (TPSA) is 107 Å². The van der Waals surface area contributed by atoms with Crippen LogP contribution in [0.15, 0.2) is 53.5 Å². The molecule has 132 valence electrons. The molecule has 0 atom stereocenters. The smallest absolute Gasteiger partial charge is 0.316 e. The molecule has 4 rings (SSSR count). The Bertz CT molecular complexity index is 1230. The fraction of sp³-hybridized carbons (Fsp3) is 0.176.